The molecule has 156 valence electrons. The quantitative estimate of drug-likeness (QED) is 0.798. The van der Waals surface area contributed by atoms with Crippen molar-refractivity contribution < 1.29 is 9.53 Å². The van der Waals surface area contributed by atoms with E-state index in [1.807, 2.05) is 35.7 Å². The van der Waals surface area contributed by atoms with Crippen LogP contribution in [0.3, 0.4) is 0 Å². The molecular weight excluding hydrogens is 382 g/mol. The fourth-order valence-electron chi connectivity index (χ4n) is 4.65. The molecule has 4 rings (SSSR count). The standard InChI is InChI=1S/C23H31N3O2S/c1-17(2)14-26-12-13-28-23(16-26)11-7-6-10-20(23)25-21(27)19-15-29-22(24-19)18-8-4-3-5-9-18/h3-5,8-9,15,17,20H,6-7,10-14,16H2,1-2H3,(H,25,27). The zero-order valence-electron chi connectivity index (χ0n) is 17.4. The monoisotopic (exact) mass is 413 g/mol. The summed E-state index contributed by atoms with van der Waals surface area (Å²) in [6.07, 6.45) is 4.28. The van der Waals surface area contributed by atoms with Gasteiger partial charge < -0.3 is 10.1 Å². The van der Waals surface area contributed by atoms with Gasteiger partial charge in [-0.2, -0.15) is 0 Å². The van der Waals surface area contributed by atoms with Crippen LogP contribution < -0.4 is 5.32 Å². The average Bonchev–Trinajstić information content (AvgIpc) is 3.21. The van der Waals surface area contributed by atoms with Gasteiger partial charge in [0.25, 0.3) is 5.91 Å². The minimum absolute atomic E-state index is 0.0422. The third-order valence-corrected chi connectivity index (χ3v) is 6.84. The lowest BCUT2D eigenvalue weighted by molar-refractivity contribution is -0.142. The Hall–Kier alpha value is -1.76. The maximum Gasteiger partial charge on any atom is 0.271 e. The van der Waals surface area contributed by atoms with Crippen molar-refractivity contribution in [2.75, 3.05) is 26.2 Å². The maximum absolute atomic E-state index is 13.0. The number of hydrogen-bond donors (Lipinski definition) is 1. The Balaban J connectivity index is 1.47. The van der Waals surface area contributed by atoms with Crippen molar-refractivity contribution in [2.45, 2.75) is 51.2 Å². The van der Waals surface area contributed by atoms with E-state index in [1.54, 1.807) is 0 Å². The van der Waals surface area contributed by atoms with Crippen LogP contribution in [0, 0.1) is 5.92 Å². The number of rotatable bonds is 5. The molecule has 1 amide bonds. The first-order chi connectivity index (χ1) is 14.1. The Labute approximate surface area is 177 Å². The second-order valence-corrected chi connectivity index (χ2v) is 9.58. The molecule has 2 aromatic rings. The van der Waals surface area contributed by atoms with Crippen LogP contribution in [0.1, 0.15) is 50.0 Å². The highest BCUT2D eigenvalue weighted by atomic mass is 32.1. The molecule has 1 N–H and O–H groups in total. The summed E-state index contributed by atoms with van der Waals surface area (Å²) in [4.78, 5) is 20.1. The highest BCUT2D eigenvalue weighted by Crippen LogP contribution is 2.35. The molecule has 6 heteroatoms. The minimum Gasteiger partial charge on any atom is -0.370 e. The second-order valence-electron chi connectivity index (χ2n) is 8.72. The molecule has 5 nitrogen and oxygen atoms in total. The number of amides is 1. The Morgan fingerprint density at radius 1 is 1.34 bits per heavy atom. The predicted octanol–water partition coefficient (Wildman–Crippen LogP) is 4.21. The first-order valence-electron chi connectivity index (χ1n) is 10.7. The largest absolute Gasteiger partial charge is 0.370 e. The number of carbonyl (C=O) groups is 1. The van der Waals surface area contributed by atoms with Crippen LogP contribution >= 0.6 is 11.3 Å². The molecule has 2 fully saturated rings. The van der Waals surface area contributed by atoms with Gasteiger partial charge in [-0.25, -0.2) is 4.98 Å². The Bertz CT molecular complexity index is 819. The number of hydrogen-bond acceptors (Lipinski definition) is 5. The Morgan fingerprint density at radius 2 is 2.17 bits per heavy atom. The third-order valence-electron chi connectivity index (χ3n) is 5.95. The highest BCUT2D eigenvalue weighted by molar-refractivity contribution is 7.13. The van der Waals surface area contributed by atoms with E-state index in [2.05, 4.69) is 29.0 Å². The van der Waals surface area contributed by atoms with Gasteiger partial charge in [-0.3, -0.25) is 9.69 Å². The molecule has 1 aromatic heterocycles. The molecule has 29 heavy (non-hydrogen) atoms. The van der Waals surface area contributed by atoms with Crippen LogP contribution in [-0.2, 0) is 4.74 Å². The van der Waals surface area contributed by atoms with Crippen molar-refractivity contribution in [3.8, 4) is 10.6 Å². The van der Waals surface area contributed by atoms with E-state index < -0.39 is 0 Å². The molecular formula is C23H31N3O2S. The molecule has 1 aromatic carbocycles. The van der Waals surface area contributed by atoms with Gasteiger partial charge in [0.2, 0.25) is 0 Å². The van der Waals surface area contributed by atoms with Crippen molar-refractivity contribution in [1.29, 1.82) is 0 Å². The molecule has 0 radical (unpaired) electrons. The van der Waals surface area contributed by atoms with Gasteiger partial charge in [0.05, 0.1) is 12.6 Å². The topological polar surface area (TPSA) is 54.5 Å². The van der Waals surface area contributed by atoms with Gasteiger partial charge >= 0.3 is 0 Å². The van der Waals surface area contributed by atoms with Gasteiger partial charge in [-0.1, -0.05) is 57.0 Å². The van der Waals surface area contributed by atoms with E-state index in [4.69, 9.17) is 4.74 Å². The van der Waals surface area contributed by atoms with E-state index in [9.17, 15) is 4.79 Å². The first kappa shape index (κ1) is 20.5. The molecule has 0 bridgehead atoms. The van der Waals surface area contributed by atoms with E-state index in [0.29, 0.717) is 11.6 Å². The zero-order chi connectivity index (χ0) is 20.3. The second kappa shape index (κ2) is 8.94. The number of aromatic nitrogens is 1. The van der Waals surface area contributed by atoms with Gasteiger partial charge in [0.1, 0.15) is 16.3 Å². The number of nitrogens with zero attached hydrogens (tertiary/aromatic N) is 2. The molecule has 1 saturated heterocycles. The van der Waals surface area contributed by atoms with Crippen LogP contribution in [0.2, 0.25) is 0 Å². The number of thiazole rings is 1. The summed E-state index contributed by atoms with van der Waals surface area (Å²) in [5.74, 6) is 0.549. The van der Waals surface area contributed by atoms with E-state index >= 15 is 0 Å². The van der Waals surface area contributed by atoms with Crippen LogP contribution in [0.15, 0.2) is 35.7 Å². The summed E-state index contributed by atoms with van der Waals surface area (Å²) >= 11 is 1.52. The number of carbonyl (C=O) groups excluding carboxylic acids is 1. The zero-order valence-corrected chi connectivity index (χ0v) is 18.2. The van der Waals surface area contributed by atoms with Crippen molar-refractivity contribution in [2.24, 2.45) is 5.92 Å². The van der Waals surface area contributed by atoms with Gasteiger partial charge in [0.15, 0.2) is 0 Å². The number of morpholine rings is 1. The van der Waals surface area contributed by atoms with E-state index in [-0.39, 0.29) is 17.6 Å². The molecule has 2 atom stereocenters. The molecule has 2 unspecified atom stereocenters. The third kappa shape index (κ3) is 4.71. The van der Waals surface area contributed by atoms with Crippen molar-refractivity contribution in [3.63, 3.8) is 0 Å². The Morgan fingerprint density at radius 3 is 2.97 bits per heavy atom. The lowest BCUT2D eigenvalue weighted by atomic mass is 9.78. The molecule has 2 heterocycles. The Kier molecular flexibility index (Phi) is 6.32. The maximum atomic E-state index is 13.0. The summed E-state index contributed by atoms with van der Waals surface area (Å²) in [6.45, 7) is 8.23. The minimum atomic E-state index is -0.265. The van der Waals surface area contributed by atoms with Gasteiger partial charge in [0, 0.05) is 30.6 Å². The smallest absolute Gasteiger partial charge is 0.271 e. The molecule has 1 aliphatic carbocycles. The first-order valence-corrected chi connectivity index (χ1v) is 11.6. The van der Waals surface area contributed by atoms with Crippen molar-refractivity contribution >= 4 is 17.2 Å². The van der Waals surface area contributed by atoms with Crippen LogP contribution in [0.5, 0.6) is 0 Å². The van der Waals surface area contributed by atoms with Crippen molar-refractivity contribution in [1.82, 2.24) is 15.2 Å². The summed E-state index contributed by atoms with van der Waals surface area (Å²) in [7, 11) is 0. The number of ether oxygens (including phenoxy) is 1. The number of benzene rings is 1. The molecule has 1 aliphatic heterocycles. The van der Waals surface area contributed by atoms with E-state index in [1.165, 1.54) is 11.3 Å². The SMILES string of the molecule is CC(C)CN1CCOC2(CCCCC2NC(=O)c2csc(-c3ccccc3)n2)C1. The summed E-state index contributed by atoms with van der Waals surface area (Å²) < 4.78 is 6.37. The average molecular weight is 414 g/mol. The molecule has 1 saturated carbocycles. The fraction of sp³-hybridized carbons (Fsp3) is 0.565. The summed E-state index contributed by atoms with van der Waals surface area (Å²) in [5.41, 5.74) is 1.29. The molecule has 2 aliphatic rings. The molecule has 1 spiro atoms. The van der Waals surface area contributed by atoms with Crippen LogP contribution in [0.25, 0.3) is 10.6 Å². The van der Waals surface area contributed by atoms with E-state index in [0.717, 1.165) is 62.5 Å². The normalized spacial score (nSPS) is 25.4. The summed E-state index contributed by atoms with van der Waals surface area (Å²) in [6, 6.07) is 10.1. The summed E-state index contributed by atoms with van der Waals surface area (Å²) in [5, 5.41) is 6.03. The lowest BCUT2D eigenvalue weighted by Gasteiger charge is -2.50. The van der Waals surface area contributed by atoms with Crippen LogP contribution in [0.4, 0.5) is 0 Å². The van der Waals surface area contributed by atoms with Crippen LogP contribution in [-0.4, -0.2) is 53.7 Å². The van der Waals surface area contributed by atoms with Crippen molar-refractivity contribution in [3.05, 3.63) is 41.4 Å². The van der Waals surface area contributed by atoms with Gasteiger partial charge in [-0.05, 0) is 18.8 Å². The highest BCUT2D eigenvalue weighted by Gasteiger charge is 2.46. The lowest BCUT2D eigenvalue weighted by Crippen LogP contribution is -2.64. The fourth-order valence-corrected chi connectivity index (χ4v) is 5.46. The predicted molar refractivity (Wildman–Crippen MR) is 117 cm³/mol. The van der Waals surface area contributed by atoms with Gasteiger partial charge in [-0.15, -0.1) is 11.3 Å². The number of nitrogens with one attached hydrogen (secondary N) is 1.